The first-order valence-corrected chi connectivity index (χ1v) is 4.34. The second-order valence-electron chi connectivity index (χ2n) is 2.01. The number of nitrogens with zero attached hydrogens (tertiary/aromatic N) is 2. The Morgan fingerprint density at radius 1 is 1.67 bits per heavy atom. The minimum absolute atomic E-state index is 0.154. The number of nitrogens with one attached hydrogen (secondary N) is 1. The molecule has 0 aromatic carbocycles. The van der Waals surface area contributed by atoms with Crippen LogP contribution in [0.4, 0.5) is 0 Å². The van der Waals surface area contributed by atoms with E-state index in [9.17, 15) is 14.4 Å². The van der Waals surface area contributed by atoms with E-state index in [1.54, 1.807) is 0 Å². The molecule has 0 atom stereocenters. The van der Waals surface area contributed by atoms with Crippen molar-refractivity contribution in [1.82, 2.24) is 10.7 Å². The summed E-state index contributed by atoms with van der Waals surface area (Å²) in [6.07, 6.45) is 0.893. The van der Waals surface area contributed by atoms with Crippen molar-refractivity contribution >= 4 is 13.4 Å². The van der Waals surface area contributed by atoms with Crippen LogP contribution in [0, 0.1) is 0 Å². The summed E-state index contributed by atoms with van der Waals surface area (Å²) in [7, 11) is -4.85. The van der Waals surface area contributed by atoms with Crippen molar-refractivity contribution in [2.75, 3.05) is 0 Å². The summed E-state index contributed by atoms with van der Waals surface area (Å²) in [5, 5.41) is 3.91. The Kier molecular flexibility index (Phi) is 2.07. The predicted molar refractivity (Wildman–Crippen MR) is 36.5 cm³/mol. The summed E-state index contributed by atoms with van der Waals surface area (Å²) in [5.41, 5.74) is 6.53. The molecular weight excluding hydrogens is 185 g/mol. The molecule has 1 aliphatic rings. The zero-order valence-electron chi connectivity index (χ0n) is 5.80. The van der Waals surface area contributed by atoms with E-state index in [0.29, 0.717) is 5.23 Å². The number of hydrogen-bond donors (Lipinski definition) is 3. The van der Waals surface area contributed by atoms with Crippen molar-refractivity contribution in [2.45, 2.75) is 0 Å². The Bertz CT molecular complexity index is 292. The Labute approximate surface area is 67.6 Å². The minimum atomic E-state index is -4.85. The van der Waals surface area contributed by atoms with Crippen LogP contribution in [0.1, 0.15) is 0 Å². The lowest BCUT2D eigenvalue weighted by molar-refractivity contribution is -0.311. The molecule has 0 saturated heterocycles. The molecule has 0 spiro atoms. The third-order valence-corrected chi connectivity index (χ3v) is 1.85. The van der Waals surface area contributed by atoms with E-state index >= 15 is 0 Å². The van der Waals surface area contributed by atoms with E-state index in [1.807, 2.05) is 5.43 Å². The molecule has 0 fully saturated rings. The summed E-state index contributed by atoms with van der Waals surface area (Å²) in [5.74, 6) is 4.87. The highest BCUT2D eigenvalue weighted by Gasteiger charge is 2.10. The minimum Gasteiger partial charge on any atom is -0.806 e. The lowest BCUT2D eigenvalue weighted by Crippen LogP contribution is -2.45. The summed E-state index contributed by atoms with van der Waals surface area (Å²) >= 11 is 0. The van der Waals surface area contributed by atoms with E-state index in [2.05, 4.69) is 5.10 Å². The van der Waals surface area contributed by atoms with Crippen molar-refractivity contribution in [3.8, 4) is 0 Å². The highest BCUT2D eigenvalue weighted by Crippen LogP contribution is 2.33. The number of hydrazone groups is 1. The number of rotatable bonds is 1. The molecular formula is C3H6N5O3P-2. The molecule has 5 N–H and O–H groups in total. The van der Waals surface area contributed by atoms with Gasteiger partial charge in [-0.3, -0.25) is 5.43 Å². The van der Waals surface area contributed by atoms with Crippen LogP contribution in [0.3, 0.4) is 0 Å². The van der Waals surface area contributed by atoms with Crippen molar-refractivity contribution in [1.29, 1.82) is 0 Å². The van der Waals surface area contributed by atoms with E-state index in [-0.39, 0.29) is 5.84 Å². The number of hydrazine groups is 2. The van der Waals surface area contributed by atoms with Crippen molar-refractivity contribution in [3.63, 3.8) is 0 Å². The first-order chi connectivity index (χ1) is 5.39. The first-order valence-electron chi connectivity index (χ1n) is 2.79. The van der Waals surface area contributed by atoms with Crippen molar-refractivity contribution in [3.05, 3.63) is 11.5 Å². The van der Waals surface area contributed by atoms with Gasteiger partial charge in [-0.1, -0.05) is 0 Å². The molecule has 0 saturated carbocycles. The van der Waals surface area contributed by atoms with Gasteiger partial charge in [-0.05, 0) is 7.60 Å². The lowest BCUT2D eigenvalue weighted by atomic mass is 10.5. The second kappa shape index (κ2) is 2.76. The molecule has 0 amide bonds. The average molecular weight is 191 g/mol. The summed E-state index contributed by atoms with van der Waals surface area (Å²) in [6.45, 7) is 0. The van der Waals surface area contributed by atoms with Crippen LogP contribution in [0.5, 0.6) is 0 Å². The molecule has 1 rings (SSSR count). The summed E-state index contributed by atoms with van der Waals surface area (Å²) in [4.78, 5) is 20.9. The quantitative estimate of drug-likeness (QED) is 0.291. The highest BCUT2D eigenvalue weighted by molar-refractivity contribution is 7.53. The van der Waals surface area contributed by atoms with Gasteiger partial charge in [0.15, 0.2) is 0 Å². The van der Waals surface area contributed by atoms with E-state index < -0.39 is 13.0 Å². The monoisotopic (exact) mass is 191 g/mol. The van der Waals surface area contributed by atoms with E-state index in [1.165, 1.54) is 0 Å². The van der Waals surface area contributed by atoms with Gasteiger partial charge in [0.2, 0.25) is 0 Å². The summed E-state index contributed by atoms with van der Waals surface area (Å²) < 4.78 is 10.4. The fourth-order valence-electron chi connectivity index (χ4n) is 0.608. The van der Waals surface area contributed by atoms with E-state index in [4.69, 9.17) is 11.6 Å². The SMILES string of the molecule is NC1=NN(N)NC(P(=O)([O-])[O-])=C1. The third-order valence-electron chi connectivity index (χ3n) is 1.03. The van der Waals surface area contributed by atoms with Gasteiger partial charge in [0, 0.05) is 6.08 Å². The fourth-order valence-corrected chi connectivity index (χ4v) is 1.12. The Hall–Kier alpha value is -1.08. The normalized spacial score (nSPS) is 18.1. The molecule has 9 heteroatoms. The Morgan fingerprint density at radius 3 is 2.67 bits per heavy atom. The third kappa shape index (κ3) is 1.95. The number of hydrogen-bond acceptors (Lipinski definition) is 8. The number of nitrogens with two attached hydrogens (primary N) is 2. The van der Waals surface area contributed by atoms with Crippen LogP contribution in [0.15, 0.2) is 16.6 Å². The van der Waals surface area contributed by atoms with Gasteiger partial charge in [-0.2, -0.15) is 0 Å². The second-order valence-corrected chi connectivity index (χ2v) is 3.49. The van der Waals surface area contributed by atoms with Gasteiger partial charge in [-0.15, -0.1) is 10.3 Å². The molecule has 0 aromatic heterocycles. The first kappa shape index (κ1) is 9.01. The van der Waals surface area contributed by atoms with Gasteiger partial charge in [0.25, 0.3) is 0 Å². The molecule has 0 aliphatic carbocycles. The zero-order chi connectivity index (χ0) is 9.35. The topological polar surface area (TPSA) is 143 Å². The van der Waals surface area contributed by atoms with Crippen molar-refractivity contribution < 1.29 is 14.4 Å². The smallest absolute Gasteiger partial charge is 0.149 e. The molecule has 8 nitrogen and oxygen atoms in total. The predicted octanol–water partition coefficient (Wildman–Crippen LogP) is -3.29. The zero-order valence-corrected chi connectivity index (χ0v) is 6.69. The van der Waals surface area contributed by atoms with Gasteiger partial charge < -0.3 is 20.1 Å². The summed E-state index contributed by atoms with van der Waals surface area (Å²) in [6, 6.07) is 0. The van der Waals surface area contributed by atoms with E-state index in [0.717, 1.165) is 6.08 Å². The molecule has 1 aliphatic heterocycles. The maximum absolute atomic E-state index is 10.4. The van der Waals surface area contributed by atoms with Crippen molar-refractivity contribution in [2.24, 2.45) is 16.7 Å². The molecule has 0 bridgehead atoms. The van der Waals surface area contributed by atoms with Gasteiger partial charge >= 0.3 is 0 Å². The lowest BCUT2D eigenvalue weighted by Gasteiger charge is -2.35. The van der Waals surface area contributed by atoms with Crippen LogP contribution in [-0.4, -0.2) is 11.1 Å². The standard InChI is InChI=1S/C3H8N5O3P/c4-2-1-3(12(9,10)11)7-8(5)6-2/h1,7H,5H2,(H2,4,6)(H2,9,10,11)/p-2. The molecule has 68 valence electrons. The Balaban J connectivity index is 2.95. The fraction of sp³-hybridized carbons (Fsp3) is 0. The Morgan fingerprint density at radius 2 is 2.25 bits per heavy atom. The largest absolute Gasteiger partial charge is 0.806 e. The highest BCUT2D eigenvalue weighted by atomic mass is 31.2. The van der Waals surface area contributed by atoms with Crippen LogP contribution in [0.2, 0.25) is 0 Å². The van der Waals surface area contributed by atoms with Crippen LogP contribution in [0.25, 0.3) is 0 Å². The van der Waals surface area contributed by atoms with Crippen LogP contribution in [-0.2, 0) is 4.57 Å². The molecule has 0 aromatic rings. The average Bonchev–Trinajstić information content (AvgIpc) is 1.82. The number of amidine groups is 1. The van der Waals surface area contributed by atoms with Gasteiger partial charge in [-0.25, -0.2) is 5.84 Å². The van der Waals surface area contributed by atoms with Crippen LogP contribution >= 0.6 is 7.60 Å². The molecule has 0 radical (unpaired) electrons. The molecule has 1 heterocycles. The molecule has 0 unspecified atom stereocenters. The van der Waals surface area contributed by atoms with Gasteiger partial charge in [0.1, 0.15) is 5.84 Å². The van der Waals surface area contributed by atoms with Gasteiger partial charge in [0.05, 0.1) is 5.44 Å². The maximum atomic E-state index is 10.4. The maximum Gasteiger partial charge on any atom is 0.149 e. The van der Waals surface area contributed by atoms with Crippen LogP contribution < -0.4 is 26.8 Å². The molecule has 12 heavy (non-hydrogen) atoms.